The molecule has 3 aromatic rings. The summed E-state index contributed by atoms with van der Waals surface area (Å²) in [6.45, 7) is 5.30. The molecule has 142 valence electrons. The summed E-state index contributed by atoms with van der Waals surface area (Å²) >= 11 is 1.59. The Hall–Kier alpha value is -2.22. The van der Waals surface area contributed by atoms with Gasteiger partial charge in [-0.15, -0.1) is 10.2 Å². The van der Waals surface area contributed by atoms with E-state index in [0.717, 1.165) is 28.0 Å². The predicted octanol–water partition coefficient (Wildman–Crippen LogP) is 3.55. The Balaban J connectivity index is 2.00. The molecule has 27 heavy (non-hydrogen) atoms. The van der Waals surface area contributed by atoms with Gasteiger partial charge >= 0.3 is 0 Å². The lowest BCUT2D eigenvalue weighted by Crippen LogP contribution is -2.06. The van der Waals surface area contributed by atoms with Crippen LogP contribution in [0.3, 0.4) is 0 Å². The van der Waals surface area contributed by atoms with Gasteiger partial charge in [0.1, 0.15) is 0 Å². The number of pyridine rings is 1. The minimum atomic E-state index is 0.0355. The van der Waals surface area contributed by atoms with Gasteiger partial charge in [-0.25, -0.2) is 0 Å². The number of thioether (sulfide) groups is 1. The third kappa shape index (κ3) is 4.74. The lowest BCUT2D eigenvalue weighted by molar-refractivity contribution is 0.103. The smallest absolute Gasteiger partial charge is 0.196 e. The molecule has 7 heteroatoms. The fourth-order valence-corrected chi connectivity index (χ4v) is 3.60. The number of benzene rings is 1. The summed E-state index contributed by atoms with van der Waals surface area (Å²) in [5.41, 5.74) is 3.24. The number of nitrogens with zero attached hydrogens (tertiary/aromatic N) is 4. The van der Waals surface area contributed by atoms with Gasteiger partial charge in [-0.05, 0) is 29.7 Å². The number of aromatic nitrogens is 4. The molecule has 0 unspecified atom stereocenters. The van der Waals surface area contributed by atoms with Gasteiger partial charge in [-0.3, -0.25) is 9.55 Å². The third-order valence-corrected chi connectivity index (χ3v) is 4.94. The Morgan fingerprint density at radius 3 is 2.70 bits per heavy atom. The molecule has 0 spiro atoms. The molecule has 0 bridgehead atoms. The summed E-state index contributed by atoms with van der Waals surface area (Å²) in [6.07, 6.45) is 3.55. The van der Waals surface area contributed by atoms with Crippen molar-refractivity contribution < 1.29 is 9.84 Å². The first-order chi connectivity index (χ1) is 13.2. The van der Waals surface area contributed by atoms with Crippen LogP contribution >= 0.6 is 11.8 Å². The second-order valence-electron chi connectivity index (χ2n) is 6.28. The van der Waals surface area contributed by atoms with Gasteiger partial charge in [0, 0.05) is 23.7 Å². The Bertz CT molecular complexity index is 852. The summed E-state index contributed by atoms with van der Waals surface area (Å²) in [5.74, 6) is 1.88. The van der Waals surface area contributed by atoms with Crippen LogP contribution in [0.25, 0.3) is 17.1 Å². The van der Waals surface area contributed by atoms with Gasteiger partial charge in [-0.2, -0.15) is 0 Å². The van der Waals surface area contributed by atoms with Gasteiger partial charge in [0.2, 0.25) is 0 Å². The molecule has 3 rings (SSSR count). The van der Waals surface area contributed by atoms with E-state index in [9.17, 15) is 0 Å². The summed E-state index contributed by atoms with van der Waals surface area (Å²) in [7, 11) is 0. The normalized spacial score (nSPS) is 11.3. The number of hydrogen-bond acceptors (Lipinski definition) is 6. The summed E-state index contributed by atoms with van der Waals surface area (Å²) in [5, 5.41) is 18.5. The largest absolute Gasteiger partial charge is 0.394 e. The maximum atomic E-state index is 8.82. The lowest BCUT2D eigenvalue weighted by atomic mass is 10.0. The number of aliphatic hydroxyl groups is 1. The van der Waals surface area contributed by atoms with Crippen LogP contribution in [0.15, 0.2) is 53.9 Å². The highest BCUT2D eigenvalue weighted by Crippen LogP contribution is 2.31. The van der Waals surface area contributed by atoms with Gasteiger partial charge < -0.3 is 9.84 Å². The monoisotopic (exact) mass is 384 g/mol. The molecule has 0 aliphatic rings. The number of para-hydroxylation sites is 1. The first kappa shape index (κ1) is 19.5. The molecule has 6 nitrogen and oxygen atoms in total. The fraction of sp³-hybridized carbons (Fsp3) is 0.350. The average Bonchev–Trinajstić information content (AvgIpc) is 3.12. The number of rotatable bonds is 9. The highest BCUT2D eigenvalue weighted by atomic mass is 32.2. The number of hydrogen-bond donors (Lipinski definition) is 1. The molecule has 0 aliphatic carbocycles. The Morgan fingerprint density at radius 1 is 1.11 bits per heavy atom. The van der Waals surface area contributed by atoms with Gasteiger partial charge in [0.15, 0.2) is 11.0 Å². The molecule has 0 fully saturated rings. The SMILES string of the molecule is CC(C)c1ccccc1-n1c(SCCOCCO)nnc1-c1cccnc1. The van der Waals surface area contributed by atoms with Crippen molar-refractivity contribution in [3.05, 3.63) is 54.4 Å². The molecule has 1 N–H and O–H groups in total. The van der Waals surface area contributed by atoms with Crippen molar-refractivity contribution >= 4 is 11.8 Å². The number of aliphatic hydroxyl groups excluding tert-OH is 1. The molecule has 2 aromatic heterocycles. The van der Waals surface area contributed by atoms with E-state index in [1.807, 2.05) is 18.2 Å². The molecule has 0 amide bonds. The van der Waals surface area contributed by atoms with Crippen LogP contribution < -0.4 is 0 Å². The zero-order valence-corrected chi connectivity index (χ0v) is 16.4. The van der Waals surface area contributed by atoms with Crippen LogP contribution in [0.1, 0.15) is 25.3 Å². The van der Waals surface area contributed by atoms with E-state index in [1.165, 1.54) is 5.56 Å². The van der Waals surface area contributed by atoms with Crippen molar-refractivity contribution in [1.29, 1.82) is 0 Å². The van der Waals surface area contributed by atoms with Crippen LogP contribution in [-0.2, 0) is 4.74 Å². The maximum absolute atomic E-state index is 8.82. The zero-order valence-electron chi connectivity index (χ0n) is 15.6. The quantitative estimate of drug-likeness (QED) is 0.449. The highest BCUT2D eigenvalue weighted by Gasteiger charge is 2.19. The van der Waals surface area contributed by atoms with Crippen LogP contribution in [0, 0.1) is 0 Å². The summed E-state index contributed by atoms with van der Waals surface area (Å²) in [4.78, 5) is 4.23. The van der Waals surface area contributed by atoms with E-state index >= 15 is 0 Å². The van der Waals surface area contributed by atoms with Gasteiger partial charge in [-0.1, -0.05) is 43.8 Å². The van der Waals surface area contributed by atoms with Crippen molar-refractivity contribution in [1.82, 2.24) is 19.7 Å². The third-order valence-electron chi connectivity index (χ3n) is 4.05. The molecule has 0 saturated heterocycles. The Kier molecular flexibility index (Phi) is 6.98. The molecule has 2 heterocycles. The van der Waals surface area contributed by atoms with E-state index in [-0.39, 0.29) is 6.61 Å². The first-order valence-electron chi connectivity index (χ1n) is 8.99. The minimum Gasteiger partial charge on any atom is -0.394 e. The van der Waals surface area contributed by atoms with Crippen LogP contribution in [0.4, 0.5) is 0 Å². The summed E-state index contributed by atoms with van der Waals surface area (Å²) in [6, 6.07) is 12.2. The van der Waals surface area contributed by atoms with Crippen molar-refractivity contribution in [3.8, 4) is 17.1 Å². The fourth-order valence-electron chi connectivity index (χ4n) is 2.80. The Morgan fingerprint density at radius 2 is 1.96 bits per heavy atom. The highest BCUT2D eigenvalue weighted by molar-refractivity contribution is 7.99. The minimum absolute atomic E-state index is 0.0355. The van der Waals surface area contributed by atoms with Crippen LogP contribution in [0.2, 0.25) is 0 Å². The van der Waals surface area contributed by atoms with Crippen LogP contribution in [-0.4, -0.2) is 50.4 Å². The molecule has 0 aliphatic heterocycles. The lowest BCUT2D eigenvalue weighted by Gasteiger charge is -2.16. The zero-order chi connectivity index (χ0) is 19.1. The van der Waals surface area contributed by atoms with Crippen LogP contribution in [0.5, 0.6) is 0 Å². The predicted molar refractivity (Wildman–Crippen MR) is 107 cm³/mol. The van der Waals surface area contributed by atoms with Gasteiger partial charge in [0.25, 0.3) is 0 Å². The molecule has 0 atom stereocenters. The van der Waals surface area contributed by atoms with Crippen molar-refractivity contribution in [2.45, 2.75) is 24.9 Å². The second kappa shape index (κ2) is 9.64. The molecule has 0 radical (unpaired) electrons. The average molecular weight is 385 g/mol. The van der Waals surface area contributed by atoms with E-state index in [1.54, 1.807) is 24.2 Å². The van der Waals surface area contributed by atoms with E-state index < -0.39 is 0 Å². The molecule has 0 saturated carbocycles. The van der Waals surface area contributed by atoms with Crippen molar-refractivity contribution in [3.63, 3.8) is 0 Å². The van der Waals surface area contributed by atoms with E-state index in [0.29, 0.717) is 19.1 Å². The van der Waals surface area contributed by atoms with Crippen molar-refractivity contribution in [2.75, 3.05) is 25.6 Å². The van der Waals surface area contributed by atoms with Gasteiger partial charge in [0.05, 0.1) is 25.5 Å². The second-order valence-corrected chi connectivity index (χ2v) is 7.34. The summed E-state index contributed by atoms with van der Waals surface area (Å²) < 4.78 is 7.47. The molecular formula is C20H24N4O2S. The topological polar surface area (TPSA) is 73.1 Å². The maximum Gasteiger partial charge on any atom is 0.196 e. The first-order valence-corrected chi connectivity index (χ1v) is 9.97. The van der Waals surface area contributed by atoms with Crippen molar-refractivity contribution in [2.24, 2.45) is 0 Å². The molecule has 1 aromatic carbocycles. The van der Waals surface area contributed by atoms with E-state index in [2.05, 4.69) is 51.8 Å². The molecular weight excluding hydrogens is 360 g/mol. The number of ether oxygens (including phenoxy) is 1. The standard InChI is InChI=1S/C20H24N4O2S/c1-15(2)17-7-3-4-8-18(17)24-19(16-6-5-9-21-14-16)22-23-20(24)27-13-12-26-11-10-25/h3-9,14-15,25H,10-13H2,1-2H3. The Labute approximate surface area is 163 Å². The van der Waals surface area contributed by atoms with E-state index in [4.69, 9.17) is 9.84 Å².